The molecule has 1 aromatic carbocycles. The summed E-state index contributed by atoms with van der Waals surface area (Å²) in [6.45, 7) is 2.95. The van der Waals surface area contributed by atoms with Gasteiger partial charge in [0.25, 0.3) is 0 Å². The van der Waals surface area contributed by atoms with E-state index < -0.39 is 0 Å². The number of nitrogens with zero attached hydrogens (tertiary/aromatic N) is 1. The van der Waals surface area contributed by atoms with Gasteiger partial charge in [0.1, 0.15) is 0 Å². The molecule has 0 bridgehead atoms. The number of halogens is 1. The van der Waals surface area contributed by atoms with Crippen molar-refractivity contribution in [3.8, 4) is 0 Å². The predicted octanol–water partition coefficient (Wildman–Crippen LogP) is 2.80. The van der Waals surface area contributed by atoms with E-state index >= 15 is 0 Å². The Morgan fingerprint density at radius 3 is 2.95 bits per heavy atom. The van der Waals surface area contributed by atoms with Gasteiger partial charge in [-0.3, -0.25) is 4.98 Å². The first-order chi connectivity index (χ1) is 9.43. The quantitative estimate of drug-likeness (QED) is 0.831. The average molecular weight is 290 g/mol. The summed E-state index contributed by atoms with van der Waals surface area (Å²) >= 11 is 0. The zero-order valence-corrected chi connectivity index (χ0v) is 12.2. The molecule has 0 radical (unpaired) electrons. The Morgan fingerprint density at radius 1 is 1.15 bits per heavy atom. The molecule has 4 heteroatoms. The lowest BCUT2D eigenvalue weighted by molar-refractivity contribution is 0.681. The smallest absolute Gasteiger partial charge is 0.0419 e. The molecule has 0 unspecified atom stereocenters. The second kappa shape index (κ2) is 7.27. The Bertz CT molecular complexity index is 543. The summed E-state index contributed by atoms with van der Waals surface area (Å²) in [6, 6.07) is 12.6. The summed E-state index contributed by atoms with van der Waals surface area (Å²) in [5.41, 5.74) is 5.30. The number of fused-ring (bicyclic) bond motifs is 1. The highest BCUT2D eigenvalue weighted by Gasteiger charge is 2.12. The van der Waals surface area contributed by atoms with Crippen molar-refractivity contribution in [2.45, 2.75) is 19.4 Å². The van der Waals surface area contributed by atoms with E-state index in [4.69, 9.17) is 0 Å². The topological polar surface area (TPSA) is 37.0 Å². The molecule has 0 amide bonds. The zero-order chi connectivity index (χ0) is 12.9. The molecule has 0 spiro atoms. The van der Waals surface area contributed by atoms with Crippen molar-refractivity contribution in [1.82, 2.24) is 10.3 Å². The molecule has 0 aliphatic carbocycles. The van der Waals surface area contributed by atoms with Gasteiger partial charge in [-0.05, 0) is 29.7 Å². The van der Waals surface area contributed by atoms with Gasteiger partial charge < -0.3 is 10.6 Å². The lowest BCUT2D eigenvalue weighted by atomic mass is 10.1. The Labute approximate surface area is 126 Å². The van der Waals surface area contributed by atoms with Crippen LogP contribution in [0.15, 0.2) is 42.6 Å². The maximum atomic E-state index is 4.33. The highest BCUT2D eigenvalue weighted by atomic mass is 35.5. The van der Waals surface area contributed by atoms with E-state index in [9.17, 15) is 0 Å². The molecular formula is C16H20ClN3. The van der Waals surface area contributed by atoms with Crippen molar-refractivity contribution in [3.05, 3.63) is 59.4 Å². The second-order valence-corrected chi connectivity index (χ2v) is 4.88. The van der Waals surface area contributed by atoms with Crippen LogP contribution in [-0.2, 0) is 19.4 Å². The molecule has 1 aromatic heterocycles. The molecule has 3 nitrogen and oxygen atoms in total. The van der Waals surface area contributed by atoms with Crippen molar-refractivity contribution >= 4 is 18.1 Å². The first kappa shape index (κ1) is 14.8. The van der Waals surface area contributed by atoms with Crippen LogP contribution in [0.1, 0.15) is 16.8 Å². The standard InChI is InChI=1S/C16H19N3.ClH/c1-2-9-18-15(6-1)8-10-17-12-14-5-3-4-13-7-11-19-16(13)14;/h1-6,9,17,19H,7-8,10-12H2;1H. The second-order valence-electron chi connectivity index (χ2n) is 4.88. The molecule has 1 aliphatic heterocycles. The summed E-state index contributed by atoms with van der Waals surface area (Å²) in [4.78, 5) is 4.33. The van der Waals surface area contributed by atoms with Crippen LogP contribution in [0.2, 0.25) is 0 Å². The Kier molecular flexibility index (Phi) is 5.39. The van der Waals surface area contributed by atoms with Gasteiger partial charge in [0.2, 0.25) is 0 Å². The molecule has 2 aromatic rings. The molecule has 0 atom stereocenters. The van der Waals surface area contributed by atoms with Crippen LogP contribution in [0.5, 0.6) is 0 Å². The average Bonchev–Trinajstić information content (AvgIpc) is 2.94. The zero-order valence-electron chi connectivity index (χ0n) is 11.4. The number of hydrogen-bond acceptors (Lipinski definition) is 3. The van der Waals surface area contributed by atoms with Gasteiger partial charge in [0.05, 0.1) is 0 Å². The largest absolute Gasteiger partial charge is 0.384 e. The monoisotopic (exact) mass is 289 g/mol. The van der Waals surface area contributed by atoms with Crippen molar-refractivity contribution in [2.24, 2.45) is 0 Å². The maximum absolute atomic E-state index is 4.33. The number of aromatic nitrogens is 1. The lowest BCUT2D eigenvalue weighted by Crippen LogP contribution is -2.17. The molecule has 20 heavy (non-hydrogen) atoms. The third-order valence-electron chi connectivity index (χ3n) is 3.53. The summed E-state index contributed by atoms with van der Waals surface area (Å²) in [5, 5.41) is 6.97. The van der Waals surface area contributed by atoms with Crippen LogP contribution >= 0.6 is 12.4 Å². The van der Waals surface area contributed by atoms with Gasteiger partial charge in [-0.25, -0.2) is 0 Å². The molecule has 106 valence electrons. The van der Waals surface area contributed by atoms with E-state index in [0.717, 1.165) is 38.2 Å². The highest BCUT2D eigenvalue weighted by Crippen LogP contribution is 2.26. The Morgan fingerprint density at radius 2 is 2.10 bits per heavy atom. The SMILES string of the molecule is Cl.c1ccc(CCNCc2cccc3c2NCC3)nc1. The molecule has 0 saturated heterocycles. The summed E-state index contributed by atoms with van der Waals surface area (Å²) in [7, 11) is 0. The number of hydrogen-bond donors (Lipinski definition) is 2. The normalized spacial score (nSPS) is 12.4. The van der Waals surface area contributed by atoms with Gasteiger partial charge in [-0.15, -0.1) is 12.4 Å². The summed E-state index contributed by atoms with van der Waals surface area (Å²) < 4.78 is 0. The van der Waals surface area contributed by atoms with Crippen molar-refractivity contribution in [1.29, 1.82) is 0 Å². The van der Waals surface area contributed by atoms with Gasteiger partial charge in [-0.1, -0.05) is 24.3 Å². The number of para-hydroxylation sites is 1. The summed E-state index contributed by atoms with van der Waals surface area (Å²) in [5.74, 6) is 0. The number of rotatable bonds is 5. The third-order valence-corrected chi connectivity index (χ3v) is 3.53. The van der Waals surface area contributed by atoms with Crippen molar-refractivity contribution in [2.75, 3.05) is 18.4 Å². The Balaban J connectivity index is 0.00000147. The molecule has 0 saturated carbocycles. The molecule has 3 rings (SSSR count). The van der Waals surface area contributed by atoms with Gasteiger partial charge >= 0.3 is 0 Å². The maximum Gasteiger partial charge on any atom is 0.0419 e. The number of anilines is 1. The Hall–Kier alpha value is -1.58. The van der Waals surface area contributed by atoms with Crippen LogP contribution in [0.4, 0.5) is 5.69 Å². The van der Waals surface area contributed by atoms with Crippen LogP contribution < -0.4 is 10.6 Å². The fourth-order valence-corrected chi connectivity index (χ4v) is 2.54. The van der Waals surface area contributed by atoms with Crippen LogP contribution in [0.25, 0.3) is 0 Å². The van der Waals surface area contributed by atoms with Gasteiger partial charge in [-0.2, -0.15) is 0 Å². The van der Waals surface area contributed by atoms with E-state index in [1.54, 1.807) is 0 Å². The minimum Gasteiger partial charge on any atom is -0.384 e. The molecule has 1 aliphatic rings. The first-order valence-corrected chi connectivity index (χ1v) is 6.89. The van der Waals surface area contributed by atoms with Crippen molar-refractivity contribution < 1.29 is 0 Å². The van der Waals surface area contributed by atoms with Crippen LogP contribution in [0, 0.1) is 0 Å². The van der Waals surface area contributed by atoms with Crippen LogP contribution in [0.3, 0.4) is 0 Å². The highest BCUT2D eigenvalue weighted by molar-refractivity contribution is 5.85. The van der Waals surface area contributed by atoms with E-state index in [1.807, 2.05) is 18.3 Å². The minimum atomic E-state index is 0. The number of nitrogens with one attached hydrogen (secondary N) is 2. The molecule has 2 N–H and O–H groups in total. The summed E-state index contributed by atoms with van der Waals surface area (Å²) in [6.07, 6.45) is 3.98. The fraction of sp³-hybridized carbons (Fsp3) is 0.312. The van der Waals surface area contributed by atoms with Gasteiger partial charge in [0, 0.05) is 43.6 Å². The number of benzene rings is 1. The number of pyridine rings is 1. The van der Waals surface area contributed by atoms with E-state index in [1.165, 1.54) is 16.8 Å². The minimum absolute atomic E-state index is 0. The molecule has 2 heterocycles. The van der Waals surface area contributed by atoms with Crippen LogP contribution in [-0.4, -0.2) is 18.1 Å². The van der Waals surface area contributed by atoms with E-state index in [-0.39, 0.29) is 12.4 Å². The lowest BCUT2D eigenvalue weighted by Gasteiger charge is -2.10. The van der Waals surface area contributed by atoms with E-state index in [0.29, 0.717) is 0 Å². The van der Waals surface area contributed by atoms with E-state index in [2.05, 4.69) is 39.9 Å². The first-order valence-electron chi connectivity index (χ1n) is 6.89. The fourth-order valence-electron chi connectivity index (χ4n) is 2.54. The molecular weight excluding hydrogens is 270 g/mol. The predicted molar refractivity (Wildman–Crippen MR) is 85.5 cm³/mol. The third kappa shape index (κ3) is 3.50. The van der Waals surface area contributed by atoms with Crippen molar-refractivity contribution in [3.63, 3.8) is 0 Å². The van der Waals surface area contributed by atoms with Gasteiger partial charge in [0.15, 0.2) is 0 Å². The molecule has 0 fully saturated rings.